The molecule has 110 valence electrons. The molecule has 4 nitrogen and oxygen atoms in total. The van der Waals surface area contributed by atoms with E-state index in [4.69, 9.17) is 0 Å². The number of likely N-dealkylation sites (N-methyl/N-ethyl adjacent to an activating group) is 1. The first-order valence-corrected chi connectivity index (χ1v) is 7.80. The molecule has 1 amide bonds. The minimum Gasteiger partial charge on any atom is -0.324 e. The smallest absolute Gasteiger partial charge is 0.243 e. The van der Waals surface area contributed by atoms with Crippen LogP contribution in [0.4, 0.5) is 0 Å². The van der Waals surface area contributed by atoms with Crippen LogP contribution in [0.25, 0.3) is 0 Å². The van der Waals surface area contributed by atoms with Crippen molar-refractivity contribution in [2.75, 3.05) is 20.1 Å². The Kier molecular flexibility index (Phi) is 4.51. The maximum absolute atomic E-state index is 12.6. The van der Waals surface area contributed by atoms with E-state index in [1.165, 1.54) is 12.8 Å². The highest BCUT2D eigenvalue weighted by Crippen LogP contribution is 2.27. The summed E-state index contributed by atoms with van der Waals surface area (Å²) in [5.41, 5.74) is -0.349. The van der Waals surface area contributed by atoms with Gasteiger partial charge in [0.15, 0.2) is 0 Å². The topological polar surface area (TPSA) is 35.6 Å². The molecule has 0 radical (unpaired) electrons. The van der Waals surface area contributed by atoms with Crippen LogP contribution in [-0.2, 0) is 4.79 Å². The SMILES string of the molecule is CCCC1NC(C)(CC)C(=O)N1CCN(C)C1CC1. The van der Waals surface area contributed by atoms with Crippen molar-refractivity contribution in [1.82, 2.24) is 15.1 Å². The van der Waals surface area contributed by atoms with Gasteiger partial charge in [0.1, 0.15) is 0 Å². The first-order valence-electron chi connectivity index (χ1n) is 7.80. The fourth-order valence-corrected chi connectivity index (χ4v) is 2.94. The summed E-state index contributed by atoms with van der Waals surface area (Å²) >= 11 is 0. The maximum atomic E-state index is 12.6. The second-order valence-electron chi connectivity index (χ2n) is 6.34. The van der Waals surface area contributed by atoms with Gasteiger partial charge in [-0.15, -0.1) is 0 Å². The standard InChI is InChI=1S/C15H29N3O/c1-5-7-13-16-15(3,6-2)14(19)18(13)11-10-17(4)12-8-9-12/h12-13,16H,5-11H2,1-4H3. The summed E-state index contributed by atoms with van der Waals surface area (Å²) in [7, 11) is 2.18. The van der Waals surface area contributed by atoms with Gasteiger partial charge in [-0.2, -0.15) is 0 Å². The molecule has 2 atom stereocenters. The Labute approximate surface area is 117 Å². The molecule has 1 aliphatic heterocycles. The molecule has 0 aromatic carbocycles. The fraction of sp³-hybridized carbons (Fsp3) is 0.933. The summed E-state index contributed by atoms with van der Waals surface area (Å²) in [6, 6.07) is 0.771. The molecular weight excluding hydrogens is 238 g/mol. The highest BCUT2D eigenvalue weighted by atomic mass is 16.2. The van der Waals surface area contributed by atoms with E-state index in [2.05, 4.69) is 36.0 Å². The third kappa shape index (κ3) is 3.11. The molecular formula is C15H29N3O. The molecule has 1 saturated carbocycles. The molecule has 2 aliphatic rings. The molecule has 1 saturated heterocycles. The summed E-state index contributed by atoms with van der Waals surface area (Å²) in [5, 5.41) is 3.54. The lowest BCUT2D eigenvalue weighted by atomic mass is 9.99. The number of hydrogen-bond acceptors (Lipinski definition) is 3. The first-order chi connectivity index (χ1) is 9.01. The van der Waals surface area contributed by atoms with E-state index in [9.17, 15) is 4.79 Å². The second-order valence-corrected chi connectivity index (χ2v) is 6.34. The molecule has 1 heterocycles. The summed E-state index contributed by atoms with van der Waals surface area (Å²) in [6.45, 7) is 8.18. The number of rotatable bonds is 7. The fourth-order valence-electron chi connectivity index (χ4n) is 2.94. The van der Waals surface area contributed by atoms with Crippen molar-refractivity contribution < 1.29 is 4.79 Å². The number of carbonyl (C=O) groups excluding carboxylic acids is 1. The van der Waals surface area contributed by atoms with Crippen molar-refractivity contribution in [3.8, 4) is 0 Å². The van der Waals surface area contributed by atoms with Crippen LogP contribution in [0.15, 0.2) is 0 Å². The molecule has 19 heavy (non-hydrogen) atoms. The Balaban J connectivity index is 1.96. The Bertz CT molecular complexity index is 329. The van der Waals surface area contributed by atoms with E-state index in [-0.39, 0.29) is 17.6 Å². The van der Waals surface area contributed by atoms with Gasteiger partial charge in [-0.1, -0.05) is 20.3 Å². The zero-order valence-electron chi connectivity index (χ0n) is 12.9. The van der Waals surface area contributed by atoms with E-state index < -0.39 is 0 Å². The van der Waals surface area contributed by atoms with E-state index in [1.54, 1.807) is 0 Å². The summed E-state index contributed by atoms with van der Waals surface area (Å²) < 4.78 is 0. The lowest BCUT2D eigenvalue weighted by Gasteiger charge is -2.26. The molecule has 1 aliphatic carbocycles. The van der Waals surface area contributed by atoms with Crippen molar-refractivity contribution in [1.29, 1.82) is 0 Å². The largest absolute Gasteiger partial charge is 0.324 e. The molecule has 0 spiro atoms. The second kappa shape index (κ2) is 5.80. The summed E-state index contributed by atoms with van der Waals surface area (Å²) in [6.07, 6.45) is 5.91. The van der Waals surface area contributed by atoms with Crippen LogP contribution in [0.2, 0.25) is 0 Å². The third-order valence-electron chi connectivity index (χ3n) is 4.73. The summed E-state index contributed by atoms with van der Waals surface area (Å²) in [5.74, 6) is 0.289. The lowest BCUT2D eigenvalue weighted by Crippen LogP contribution is -2.44. The Morgan fingerprint density at radius 1 is 1.42 bits per heavy atom. The van der Waals surface area contributed by atoms with Gasteiger partial charge in [0, 0.05) is 19.1 Å². The normalized spacial score (nSPS) is 31.5. The van der Waals surface area contributed by atoms with Crippen LogP contribution < -0.4 is 5.32 Å². The summed E-state index contributed by atoms with van der Waals surface area (Å²) in [4.78, 5) is 17.1. The monoisotopic (exact) mass is 267 g/mol. The average Bonchev–Trinajstić information content (AvgIpc) is 3.19. The molecule has 0 aromatic heterocycles. The minimum absolute atomic E-state index is 0.232. The Morgan fingerprint density at radius 2 is 2.11 bits per heavy atom. The number of carbonyl (C=O) groups is 1. The number of nitrogens with zero attached hydrogens (tertiary/aromatic N) is 2. The molecule has 0 bridgehead atoms. The molecule has 2 fully saturated rings. The highest BCUT2D eigenvalue weighted by Gasteiger charge is 2.46. The van der Waals surface area contributed by atoms with Crippen LogP contribution in [0.3, 0.4) is 0 Å². The Hall–Kier alpha value is -0.610. The van der Waals surface area contributed by atoms with Gasteiger partial charge in [0.05, 0.1) is 11.7 Å². The zero-order valence-corrected chi connectivity index (χ0v) is 12.9. The van der Waals surface area contributed by atoms with E-state index in [0.29, 0.717) is 0 Å². The predicted octanol–water partition coefficient (Wildman–Crippen LogP) is 1.81. The van der Waals surface area contributed by atoms with Gasteiger partial charge < -0.3 is 9.80 Å². The van der Waals surface area contributed by atoms with Crippen LogP contribution in [0.5, 0.6) is 0 Å². The third-order valence-corrected chi connectivity index (χ3v) is 4.73. The quantitative estimate of drug-likeness (QED) is 0.764. The molecule has 2 rings (SSSR count). The van der Waals surface area contributed by atoms with Crippen molar-refractivity contribution in [2.45, 2.75) is 70.6 Å². The van der Waals surface area contributed by atoms with Gasteiger partial charge in [-0.3, -0.25) is 10.1 Å². The lowest BCUT2D eigenvalue weighted by molar-refractivity contribution is -0.133. The number of amides is 1. The van der Waals surface area contributed by atoms with E-state index in [1.807, 2.05) is 6.92 Å². The van der Waals surface area contributed by atoms with Crippen LogP contribution in [-0.4, -0.2) is 53.6 Å². The van der Waals surface area contributed by atoms with Crippen molar-refractivity contribution >= 4 is 5.91 Å². The molecule has 2 unspecified atom stereocenters. The average molecular weight is 267 g/mol. The molecule has 0 aromatic rings. The minimum atomic E-state index is -0.349. The maximum Gasteiger partial charge on any atom is 0.243 e. The van der Waals surface area contributed by atoms with Crippen LogP contribution >= 0.6 is 0 Å². The van der Waals surface area contributed by atoms with E-state index >= 15 is 0 Å². The zero-order chi connectivity index (χ0) is 14.0. The van der Waals surface area contributed by atoms with Gasteiger partial charge in [0.25, 0.3) is 0 Å². The van der Waals surface area contributed by atoms with Crippen molar-refractivity contribution in [3.63, 3.8) is 0 Å². The predicted molar refractivity (Wildman–Crippen MR) is 77.9 cm³/mol. The van der Waals surface area contributed by atoms with Gasteiger partial charge in [0.2, 0.25) is 5.91 Å². The van der Waals surface area contributed by atoms with Gasteiger partial charge >= 0.3 is 0 Å². The van der Waals surface area contributed by atoms with Crippen molar-refractivity contribution in [3.05, 3.63) is 0 Å². The van der Waals surface area contributed by atoms with Gasteiger partial charge in [-0.05, 0) is 39.7 Å². The van der Waals surface area contributed by atoms with E-state index in [0.717, 1.165) is 38.4 Å². The first kappa shape index (κ1) is 14.8. The number of nitrogens with one attached hydrogen (secondary N) is 1. The highest BCUT2D eigenvalue weighted by molar-refractivity contribution is 5.88. The Morgan fingerprint density at radius 3 is 2.63 bits per heavy atom. The van der Waals surface area contributed by atoms with Gasteiger partial charge in [-0.25, -0.2) is 0 Å². The molecule has 1 N–H and O–H groups in total. The number of hydrogen-bond donors (Lipinski definition) is 1. The molecule has 4 heteroatoms. The van der Waals surface area contributed by atoms with Crippen LogP contribution in [0, 0.1) is 0 Å². The van der Waals surface area contributed by atoms with Crippen LogP contribution in [0.1, 0.15) is 52.9 Å². The van der Waals surface area contributed by atoms with Crippen molar-refractivity contribution in [2.24, 2.45) is 0 Å².